The number of benzene rings is 2. The Balaban J connectivity index is 2.38. The monoisotopic (exact) mass is 429 g/mol. The molecule has 0 aliphatic rings. The van der Waals surface area contributed by atoms with Crippen LogP contribution in [0.4, 0.5) is 11.4 Å². The molecule has 2 aromatic carbocycles. The van der Waals surface area contributed by atoms with Crippen molar-refractivity contribution < 1.29 is 18.0 Å². The summed E-state index contributed by atoms with van der Waals surface area (Å²) in [5.74, 6) is -0.883. The maximum absolute atomic E-state index is 13.1. The van der Waals surface area contributed by atoms with Gasteiger partial charge in [-0.2, -0.15) is 0 Å². The van der Waals surface area contributed by atoms with Gasteiger partial charge in [-0.05, 0) is 43.2 Å². The van der Waals surface area contributed by atoms with Crippen LogP contribution in [0.5, 0.6) is 0 Å². The van der Waals surface area contributed by atoms with Crippen LogP contribution in [0, 0.1) is 6.92 Å². The molecule has 30 heavy (non-hydrogen) atoms. The second-order valence-electron chi connectivity index (χ2n) is 6.86. The standard InChI is InChI=1S/C22H27N3O4S/c1-5-14-23-21(26)18-12-7-8-13-19(18)24-22(27)20(6-2)25(30(4,28)29)17-11-9-10-16(3)15-17/h5,7-13,15,20H,1,6,14H2,2-4H3,(H,23,26)(H,24,27). The lowest BCUT2D eigenvalue weighted by Crippen LogP contribution is -2.47. The lowest BCUT2D eigenvalue weighted by molar-refractivity contribution is -0.117. The summed E-state index contributed by atoms with van der Waals surface area (Å²) in [5, 5.41) is 5.39. The summed E-state index contributed by atoms with van der Waals surface area (Å²) in [5.41, 5.74) is 1.88. The molecule has 2 N–H and O–H groups in total. The third-order valence-corrected chi connectivity index (χ3v) is 5.60. The van der Waals surface area contributed by atoms with E-state index in [1.165, 1.54) is 0 Å². The van der Waals surface area contributed by atoms with Crippen molar-refractivity contribution in [3.63, 3.8) is 0 Å². The number of carbonyl (C=O) groups is 2. The number of rotatable bonds is 9. The van der Waals surface area contributed by atoms with Crippen LogP contribution in [0.25, 0.3) is 0 Å². The Hall–Kier alpha value is -3.13. The van der Waals surface area contributed by atoms with Gasteiger partial charge in [0, 0.05) is 6.54 Å². The highest BCUT2D eigenvalue weighted by atomic mass is 32.2. The normalized spacial score (nSPS) is 12.0. The molecule has 0 aliphatic heterocycles. The molecule has 0 radical (unpaired) electrons. The summed E-state index contributed by atoms with van der Waals surface area (Å²) < 4.78 is 26.3. The number of anilines is 2. The van der Waals surface area contributed by atoms with E-state index in [2.05, 4.69) is 17.2 Å². The van der Waals surface area contributed by atoms with Gasteiger partial charge >= 0.3 is 0 Å². The van der Waals surface area contributed by atoms with Crippen LogP contribution in [-0.2, 0) is 14.8 Å². The zero-order valence-electron chi connectivity index (χ0n) is 17.4. The molecule has 1 unspecified atom stereocenters. The van der Waals surface area contributed by atoms with Gasteiger partial charge in [0.15, 0.2) is 0 Å². The molecule has 0 spiro atoms. The van der Waals surface area contributed by atoms with Crippen molar-refractivity contribution in [1.82, 2.24) is 5.32 Å². The van der Waals surface area contributed by atoms with Crippen molar-refractivity contribution in [2.75, 3.05) is 22.4 Å². The molecule has 2 aromatic rings. The molecule has 0 saturated heterocycles. The molecule has 160 valence electrons. The molecular weight excluding hydrogens is 402 g/mol. The van der Waals surface area contributed by atoms with Gasteiger partial charge in [-0.3, -0.25) is 13.9 Å². The van der Waals surface area contributed by atoms with Gasteiger partial charge in [0.25, 0.3) is 5.91 Å². The smallest absolute Gasteiger partial charge is 0.253 e. The van der Waals surface area contributed by atoms with E-state index in [9.17, 15) is 18.0 Å². The maximum atomic E-state index is 13.1. The molecule has 2 rings (SSSR count). The molecule has 2 amide bonds. The summed E-state index contributed by atoms with van der Waals surface area (Å²) in [4.78, 5) is 25.5. The largest absolute Gasteiger partial charge is 0.349 e. The number of sulfonamides is 1. The summed E-state index contributed by atoms with van der Waals surface area (Å²) >= 11 is 0. The van der Waals surface area contributed by atoms with Crippen LogP contribution < -0.4 is 14.9 Å². The van der Waals surface area contributed by atoms with Crippen LogP contribution in [0.2, 0.25) is 0 Å². The quantitative estimate of drug-likeness (QED) is 0.599. The Labute approximate surface area is 177 Å². The van der Waals surface area contributed by atoms with E-state index in [1.807, 2.05) is 13.0 Å². The average Bonchev–Trinajstić information content (AvgIpc) is 2.69. The minimum atomic E-state index is -3.74. The molecule has 0 bridgehead atoms. The van der Waals surface area contributed by atoms with Crippen molar-refractivity contribution in [1.29, 1.82) is 0 Å². The average molecular weight is 430 g/mol. The van der Waals surface area contributed by atoms with E-state index < -0.39 is 22.0 Å². The third kappa shape index (κ3) is 5.70. The fraction of sp³-hybridized carbons (Fsp3) is 0.273. The number of aryl methyl sites for hydroxylation is 1. The molecule has 0 saturated carbocycles. The highest BCUT2D eigenvalue weighted by Crippen LogP contribution is 2.25. The fourth-order valence-corrected chi connectivity index (χ4v) is 4.30. The van der Waals surface area contributed by atoms with Gasteiger partial charge in [0.2, 0.25) is 15.9 Å². The number of carbonyl (C=O) groups excluding carboxylic acids is 2. The zero-order chi connectivity index (χ0) is 22.3. The molecule has 7 nitrogen and oxygen atoms in total. The first-order chi connectivity index (χ1) is 14.2. The molecule has 1 atom stereocenters. The molecule has 0 aromatic heterocycles. The topological polar surface area (TPSA) is 95.6 Å². The third-order valence-electron chi connectivity index (χ3n) is 4.42. The number of hydrogen-bond donors (Lipinski definition) is 2. The summed E-state index contributed by atoms with van der Waals surface area (Å²) in [6.07, 6.45) is 2.87. The molecular formula is C22H27N3O4S. The highest BCUT2D eigenvalue weighted by Gasteiger charge is 2.32. The SMILES string of the molecule is C=CCNC(=O)c1ccccc1NC(=O)C(CC)N(c1cccc(C)c1)S(C)(=O)=O. The number of amides is 2. The number of hydrogen-bond acceptors (Lipinski definition) is 4. The van der Waals surface area contributed by atoms with Gasteiger partial charge in [-0.15, -0.1) is 6.58 Å². The Morgan fingerprint density at radius 1 is 1.17 bits per heavy atom. The van der Waals surface area contributed by atoms with Crippen LogP contribution in [0.15, 0.2) is 61.2 Å². The maximum Gasteiger partial charge on any atom is 0.253 e. The number of para-hydroxylation sites is 1. The van der Waals surface area contributed by atoms with E-state index >= 15 is 0 Å². The van der Waals surface area contributed by atoms with E-state index in [4.69, 9.17) is 0 Å². The first-order valence-corrected chi connectivity index (χ1v) is 11.4. The van der Waals surface area contributed by atoms with E-state index in [-0.39, 0.29) is 24.4 Å². The number of nitrogens with one attached hydrogen (secondary N) is 2. The molecule has 0 aliphatic carbocycles. The van der Waals surface area contributed by atoms with Gasteiger partial charge < -0.3 is 10.6 Å². The zero-order valence-corrected chi connectivity index (χ0v) is 18.2. The fourth-order valence-electron chi connectivity index (χ4n) is 3.09. The van der Waals surface area contributed by atoms with Crippen LogP contribution >= 0.6 is 0 Å². The van der Waals surface area contributed by atoms with Crippen molar-refractivity contribution >= 4 is 33.2 Å². The van der Waals surface area contributed by atoms with Crippen molar-refractivity contribution in [2.24, 2.45) is 0 Å². The summed E-state index contributed by atoms with van der Waals surface area (Å²) in [6.45, 7) is 7.43. The van der Waals surface area contributed by atoms with Gasteiger partial charge in [-0.1, -0.05) is 37.3 Å². The number of nitrogens with zero attached hydrogens (tertiary/aromatic N) is 1. The molecule has 0 fully saturated rings. The van der Waals surface area contributed by atoms with Gasteiger partial charge in [0.05, 0.1) is 23.2 Å². The first kappa shape index (κ1) is 23.2. The van der Waals surface area contributed by atoms with Crippen LogP contribution in [0.3, 0.4) is 0 Å². The molecule has 8 heteroatoms. The Morgan fingerprint density at radius 2 is 1.87 bits per heavy atom. The summed E-state index contributed by atoms with van der Waals surface area (Å²) in [6, 6.07) is 12.5. The van der Waals surface area contributed by atoms with E-state index in [0.717, 1.165) is 16.1 Å². The second kappa shape index (κ2) is 10.1. The summed E-state index contributed by atoms with van der Waals surface area (Å²) in [7, 11) is -3.74. The van der Waals surface area contributed by atoms with Crippen LogP contribution in [0.1, 0.15) is 29.3 Å². The lowest BCUT2D eigenvalue weighted by atomic mass is 10.1. The molecule has 0 heterocycles. The minimum absolute atomic E-state index is 0.248. The lowest BCUT2D eigenvalue weighted by Gasteiger charge is -2.30. The minimum Gasteiger partial charge on any atom is -0.349 e. The second-order valence-corrected chi connectivity index (χ2v) is 8.71. The predicted octanol–water partition coefficient (Wildman–Crippen LogP) is 3.09. The van der Waals surface area contributed by atoms with Crippen LogP contribution in [-0.4, -0.2) is 39.1 Å². The Kier molecular flexibility index (Phi) is 7.77. The van der Waals surface area contributed by atoms with E-state index in [1.54, 1.807) is 55.5 Å². The first-order valence-electron chi connectivity index (χ1n) is 9.54. The highest BCUT2D eigenvalue weighted by molar-refractivity contribution is 7.92. The Morgan fingerprint density at radius 3 is 2.47 bits per heavy atom. The predicted molar refractivity (Wildman–Crippen MR) is 120 cm³/mol. The van der Waals surface area contributed by atoms with Gasteiger partial charge in [0.1, 0.15) is 6.04 Å². The van der Waals surface area contributed by atoms with Crippen molar-refractivity contribution in [3.8, 4) is 0 Å². The Bertz CT molecular complexity index is 1030. The van der Waals surface area contributed by atoms with Gasteiger partial charge in [-0.25, -0.2) is 8.42 Å². The van der Waals surface area contributed by atoms with E-state index in [0.29, 0.717) is 11.4 Å². The van der Waals surface area contributed by atoms with Crippen molar-refractivity contribution in [3.05, 3.63) is 72.3 Å². The van der Waals surface area contributed by atoms with Crippen molar-refractivity contribution in [2.45, 2.75) is 26.3 Å².